The van der Waals surface area contributed by atoms with Crippen LogP contribution in [0.25, 0.3) is 0 Å². The van der Waals surface area contributed by atoms with Gasteiger partial charge in [0.1, 0.15) is 11.6 Å². The second-order valence-corrected chi connectivity index (χ2v) is 7.79. The van der Waals surface area contributed by atoms with Crippen molar-refractivity contribution in [2.24, 2.45) is 0 Å². The largest absolute Gasteiger partial charge is 0.495 e. The number of rotatable bonds is 7. The van der Waals surface area contributed by atoms with Gasteiger partial charge in [0.2, 0.25) is 11.8 Å². The van der Waals surface area contributed by atoms with Crippen molar-refractivity contribution >= 4 is 34.8 Å². The number of methoxy groups -OCH3 is 1. The number of hydrogen-bond acceptors (Lipinski definition) is 5. The summed E-state index contributed by atoms with van der Waals surface area (Å²) in [6.07, 6.45) is 0. The van der Waals surface area contributed by atoms with Gasteiger partial charge < -0.3 is 15.4 Å². The number of nitrogens with one attached hydrogen (secondary N) is 2. The van der Waals surface area contributed by atoms with E-state index in [9.17, 15) is 14.0 Å². The molecule has 1 saturated heterocycles. The predicted molar refractivity (Wildman–Crippen MR) is 119 cm³/mol. The highest BCUT2D eigenvalue weighted by Crippen LogP contribution is 2.27. The molecule has 2 aromatic rings. The highest BCUT2D eigenvalue weighted by molar-refractivity contribution is 6.32. The van der Waals surface area contributed by atoms with E-state index in [1.807, 2.05) is 16.7 Å². The Morgan fingerprint density at radius 3 is 2.45 bits per heavy atom. The first kappa shape index (κ1) is 23.0. The second kappa shape index (κ2) is 10.6. The average Bonchev–Trinajstić information content (AvgIpc) is 2.74. The van der Waals surface area contributed by atoms with Crippen molar-refractivity contribution in [2.45, 2.75) is 13.0 Å². The van der Waals surface area contributed by atoms with Gasteiger partial charge in [0.25, 0.3) is 0 Å². The zero-order chi connectivity index (χ0) is 22.4. The van der Waals surface area contributed by atoms with Crippen LogP contribution in [0.1, 0.15) is 6.92 Å². The summed E-state index contributed by atoms with van der Waals surface area (Å²) < 4.78 is 18.4. The summed E-state index contributed by atoms with van der Waals surface area (Å²) in [5.41, 5.74) is 1.04. The van der Waals surface area contributed by atoms with Crippen molar-refractivity contribution in [1.82, 2.24) is 9.80 Å². The van der Waals surface area contributed by atoms with Crippen molar-refractivity contribution < 1.29 is 18.7 Å². The lowest BCUT2D eigenvalue weighted by Crippen LogP contribution is -2.53. The Hall–Kier alpha value is -2.68. The maximum atomic E-state index is 13.3. The van der Waals surface area contributed by atoms with Gasteiger partial charge in [0, 0.05) is 37.6 Å². The lowest BCUT2D eigenvalue weighted by molar-refractivity contribution is -0.122. The summed E-state index contributed by atoms with van der Waals surface area (Å²) in [6.45, 7) is 4.70. The van der Waals surface area contributed by atoms with Gasteiger partial charge in [-0.1, -0.05) is 17.7 Å². The maximum absolute atomic E-state index is 13.3. The zero-order valence-corrected chi connectivity index (χ0v) is 18.3. The Balaban J connectivity index is 1.44. The standard InChI is InChI=1S/C22H26ClFN4O3/c1-15(22(30)26-17-5-3-4-16(24)12-17)28-10-8-27(9-11-28)14-21(29)25-18-6-7-20(31-2)19(23)13-18/h3-7,12-13,15H,8-11,14H2,1-2H3,(H,25,29)(H,26,30). The molecule has 0 spiro atoms. The number of carbonyl (C=O) groups is 2. The van der Waals surface area contributed by atoms with E-state index in [1.54, 1.807) is 30.3 Å². The summed E-state index contributed by atoms with van der Waals surface area (Å²) in [5, 5.41) is 6.01. The van der Waals surface area contributed by atoms with Gasteiger partial charge in [-0.2, -0.15) is 0 Å². The molecule has 2 aromatic carbocycles. The second-order valence-electron chi connectivity index (χ2n) is 7.39. The first-order chi connectivity index (χ1) is 14.9. The molecule has 31 heavy (non-hydrogen) atoms. The molecule has 1 fully saturated rings. The molecule has 0 aromatic heterocycles. The Morgan fingerprint density at radius 1 is 1.10 bits per heavy atom. The molecule has 0 bridgehead atoms. The lowest BCUT2D eigenvalue weighted by Gasteiger charge is -2.37. The summed E-state index contributed by atoms with van der Waals surface area (Å²) >= 11 is 6.09. The van der Waals surface area contributed by atoms with Gasteiger partial charge in [-0.25, -0.2) is 4.39 Å². The summed E-state index contributed by atoms with van der Waals surface area (Å²) in [7, 11) is 1.53. The molecule has 7 nitrogen and oxygen atoms in total. The van der Waals surface area contributed by atoms with Crippen molar-refractivity contribution in [2.75, 3.05) is 50.5 Å². The van der Waals surface area contributed by atoms with Crippen LogP contribution in [0.15, 0.2) is 42.5 Å². The molecule has 2 amide bonds. The van der Waals surface area contributed by atoms with Crippen LogP contribution < -0.4 is 15.4 Å². The molecule has 2 N–H and O–H groups in total. The molecule has 0 saturated carbocycles. The number of anilines is 2. The SMILES string of the molecule is COc1ccc(NC(=O)CN2CCN(C(C)C(=O)Nc3cccc(F)c3)CC2)cc1Cl. The molecule has 1 aliphatic heterocycles. The molecule has 3 rings (SSSR count). The normalized spacial score (nSPS) is 15.9. The fourth-order valence-corrected chi connectivity index (χ4v) is 3.69. The molecular weight excluding hydrogens is 423 g/mol. The topological polar surface area (TPSA) is 73.9 Å². The molecule has 0 aliphatic carbocycles. The smallest absolute Gasteiger partial charge is 0.241 e. The summed E-state index contributed by atoms with van der Waals surface area (Å²) in [6, 6.07) is 10.6. The van der Waals surface area contributed by atoms with E-state index in [0.29, 0.717) is 48.3 Å². The third-order valence-electron chi connectivity index (χ3n) is 5.23. The van der Waals surface area contributed by atoms with E-state index < -0.39 is 5.82 Å². The average molecular weight is 449 g/mol. The Morgan fingerprint density at radius 2 is 1.81 bits per heavy atom. The van der Waals surface area contributed by atoms with Crippen LogP contribution in [0.2, 0.25) is 5.02 Å². The first-order valence-corrected chi connectivity index (χ1v) is 10.4. The fourth-order valence-electron chi connectivity index (χ4n) is 3.44. The number of halogens is 2. The number of piperazine rings is 1. The van der Waals surface area contributed by atoms with Gasteiger partial charge in [-0.3, -0.25) is 19.4 Å². The molecule has 1 heterocycles. The first-order valence-electron chi connectivity index (χ1n) is 10.0. The van der Waals surface area contributed by atoms with E-state index in [2.05, 4.69) is 10.6 Å². The molecule has 1 unspecified atom stereocenters. The summed E-state index contributed by atoms with van der Waals surface area (Å²) in [4.78, 5) is 28.9. The highest BCUT2D eigenvalue weighted by atomic mass is 35.5. The van der Waals surface area contributed by atoms with Gasteiger partial charge in [-0.15, -0.1) is 0 Å². The third kappa shape index (κ3) is 6.40. The molecule has 0 radical (unpaired) electrons. The van der Waals surface area contributed by atoms with E-state index in [4.69, 9.17) is 16.3 Å². The van der Waals surface area contributed by atoms with Gasteiger partial charge in [0.05, 0.1) is 24.7 Å². The number of carbonyl (C=O) groups excluding carboxylic acids is 2. The number of nitrogens with zero attached hydrogens (tertiary/aromatic N) is 2. The zero-order valence-electron chi connectivity index (χ0n) is 17.5. The van der Waals surface area contributed by atoms with E-state index in [-0.39, 0.29) is 24.4 Å². The molecule has 9 heteroatoms. The van der Waals surface area contributed by atoms with Gasteiger partial charge in [0.15, 0.2) is 0 Å². The van der Waals surface area contributed by atoms with E-state index in [0.717, 1.165) is 0 Å². The maximum Gasteiger partial charge on any atom is 0.241 e. The number of amides is 2. The minimum absolute atomic E-state index is 0.133. The summed E-state index contributed by atoms with van der Waals surface area (Å²) in [5.74, 6) is -0.166. The Labute approximate surface area is 186 Å². The van der Waals surface area contributed by atoms with E-state index >= 15 is 0 Å². The molecule has 1 atom stereocenters. The van der Waals surface area contributed by atoms with Crippen LogP contribution in [0.4, 0.5) is 15.8 Å². The minimum atomic E-state index is -0.394. The van der Waals surface area contributed by atoms with Crippen LogP contribution in [0.3, 0.4) is 0 Å². The predicted octanol–water partition coefficient (Wildman–Crippen LogP) is 3.07. The quantitative estimate of drug-likeness (QED) is 0.681. The van der Waals surface area contributed by atoms with Crippen molar-refractivity contribution in [1.29, 1.82) is 0 Å². The number of benzene rings is 2. The van der Waals surface area contributed by atoms with Gasteiger partial charge in [-0.05, 0) is 43.3 Å². The van der Waals surface area contributed by atoms with E-state index in [1.165, 1.54) is 19.2 Å². The monoisotopic (exact) mass is 448 g/mol. The molecular formula is C22H26ClFN4O3. The third-order valence-corrected chi connectivity index (χ3v) is 5.52. The highest BCUT2D eigenvalue weighted by Gasteiger charge is 2.26. The Bertz CT molecular complexity index is 935. The fraction of sp³-hybridized carbons (Fsp3) is 0.364. The molecule has 1 aliphatic rings. The lowest BCUT2D eigenvalue weighted by atomic mass is 10.2. The van der Waals surface area contributed by atoms with Crippen LogP contribution in [0.5, 0.6) is 5.75 Å². The minimum Gasteiger partial charge on any atom is -0.495 e. The van der Waals surface area contributed by atoms with Crippen LogP contribution >= 0.6 is 11.6 Å². The Kier molecular flexibility index (Phi) is 7.84. The van der Waals surface area contributed by atoms with Crippen LogP contribution in [0, 0.1) is 5.82 Å². The number of ether oxygens (including phenoxy) is 1. The van der Waals surface area contributed by atoms with Crippen molar-refractivity contribution in [3.05, 3.63) is 53.3 Å². The molecule has 166 valence electrons. The van der Waals surface area contributed by atoms with Crippen LogP contribution in [-0.2, 0) is 9.59 Å². The number of hydrogen-bond donors (Lipinski definition) is 2. The van der Waals surface area contributed by atoms with Crippen molar-refractivity contribution in [3.8, 4) is 5.75 Å². The van der Waals surface area contributed by atoms with Crippen LogP contribution in [-0.4, -0.2) is 67.5 Å². The van der Waals surface area contributed by atoms with Crippen molar-refractivity contribution in [3.63, 3.8) is 0 Å². The van der Waals surface area contributed by atoms with Gasteiger partial charge >= 0.3 is 0 Å².